The van der Waals surface area contributed by atoms with E-state index in [4.69, 9.17) is 16.3 Å². The summed E-state index contributed by atoms with van der Waals surface area (Å²) >= 11 is 5.80. The minimum absolute atomic E-state index is 0.206. The smallest absolute Gasteiger partial charge is 0.200 e. The van der Waals surface area contributed by atoms with Crippen molar-refractivity contribution in [1.29, 1.82) is 0 Å². The molecule has 0 spiro atoms. The molecule has 0 saturated carbocycles. The minimum atomic E-state index is -3.33. The summed E-state index contributed by atoms with van der Waals surface area (Å²) in [4.78, 5) is 0.342. The van der Waals surface area contributed by atoms with Crippen molar-refractivity contribution in [2.45, 2.75) is 4.90 Å². The van der Waals surface area contributed by atoms with Crippen LogP contribution in [0.5, 0.6) is 5.75 Å². The summed E-state index contributed by atoms with van der Waals surface area (Å²) in [5.74, 6) is 0.650. The molecular formula is C15H11ClO3S. The summed E-state index contributed by atoms with van der Waals surface area (Å²) in [5.41, 5.74) is 1.37. The first kappa shape index (κ1) is 13.2. The number of halogens is 1. The lowest BCUT2D eigenvalue weighted by Gasteiger charge is -2.07. The molecule has 0 fully saturated rings. The van der Waals surface area contributed by atoms with Gasteiger partial charge in [-0.1, -0.05) is 29.8 Å². The van der Waals surface area contributed by atoms with E-state index >= 15 is 0 Å². The molecule has 3 nitrogen and oxygen atoms in total. The standard InChI is InChI=1S/C15H11ClO3S/c16-12-5-7-13(8-6-12)19-9-11-10-20(17,18)15-4-2-1-3-14(11)15/h1-8,10H,9H2. The zero-order valence-electron chi connectivity index (χ0n) is 10.4. The molecule has 1 heterocycles. The van der Waals surface area contributed by atoms with Gasteiger partial charge in [0.05, 0.1) is 4.90 Å². The van der Waals surface area contributed by atoms with Crippen molar-refractivity contribution in [3.05, 3.63) is 64.5 Å². The van der Waals surface area contributed by atoms with Crippen LogP contribution in [0.3, 0.4) is 0 Å². The molecule has 0 unspecified atom stereocenters. The predicted molar refractivity (Wildman–Crippen MR) is 78.6 cm³/mol. The van der Waals surface area contributed by atoms with Crippen LogP contribution in [0.2, 0.25) is 5.02 Å². The van der Waals surface area contributed by atoms with E-state index in [-0.39, 0.29) is 6.61 Å². The lowest BCUT2D eigenvalue weighted by atomic mass is 10.1. The molecular weight excluding hydrogens is 296 g/mol. The molecule has 3 rings (SSSR count). The van der Waals surface area contributed by atoms with E-state index in [9.17, 15) is 8.42 Å². The highest BCUT2D eigenvalue weighted by Crippen LogP contribution is 2.33. The fourth-order valence-corrected chi connectivity index (χ4v) is 3.69. The van der Waals surface area contributed by atoms with Crippen molar-refractivity contribution in [2.75, 3.05) is 6.61 Å². The van der Waals surface area contributed by atoms with Gasteiger partial charge in [0.15, 0.2) is 0 Å². The van der Waals surface area contributed by atoms with E-state index in [0.717, 1.165) is 0 Å². The van der Waals surface area contributed by atoms with E-state index in [1.54, 1.807) is 42.5 Å². The Morgan fingerprint density at radius 1 is 1.00 bits per heavy atom. The molecule has 20 heavy (non-hydrogen) atoms. The van der Waals surface area contributed by atoms with Gasteiger partial charge in [-0.2, -0.15) is 0 Å². The predicted octanol–water partition coefficient (Wildman–Crippen LogP) is 3.55. The number of benzene rings is 2. The molecule has 0 saturated heterocycles. The first-order valence-corrected chi connectivity index (χ1v) is 7.92. The summed E-state index contributed by atoms with van der Waals surface area (Å²) in [5, 5.41) is 1.90. The van der Waals surface area contributed by atoms with Crippen LogP contribution in [0.1, 0.15) is 5.56 Å². The highest BCUT2D eigenvalue weighted by molar-refractivity contribution is 7.95. The highest BCUT2D eigenvalue weighted by atomic mass is 35.5. The van der Waals surface area contributed by atoms with Gasteiger partial charge in [0.25, 0.3) is 0 Å². The molecule has 0 aliphatic carbocycles. The van der Waals surface area contributed by atoms with Crippen LogP contribution >= 0.6 is 11.6 Å². The van der Waals surface area contributed by atoms with Gasteiger partial charge in [-0.05, 0) is 30.3 Å². The second kappa shape index (κ2) is 4.96. The third-order valence-electron chi connectivity index (χ3n) is 3.04. The van der Waals surface area contributed by atoms with E-state index in [1.165, 1.54) is 5.41 Å². The lowest BCUT2D eigenvalue weighted by Crippen LogP contribution is -1.99. The van der Waals surface area contributed by atoms with Gasteiger partial charge in [-0.3, -0.25) is 0 Å². The van der Waals surface area contributed by atoms with E-state index in [0.29, 0.717) is 26.8 Å². The highest BCUT2D eigenvalue weighted by Gasteiger charge is 2.26. The second-order valence-corrected chi connectivity index (χ2v) is 6.63. The van der Waals surface area contributed by atoms with Gasteiger partial charge in [0.2, 0.25) is 9.84 Å². The molecule has 2 aromatic rings. The Morgan fingerprint density at radius 2 is 1.70 bits per heavy atom. The Morgan fingerprint density at radius 3 is 2.45 bits per heavy atom. The van der Waals surface area contributed by atoms with Crippen molar-refractivity contribution in [2.24, 2.45) is 0 Å². The second-order valence-electron chi connectivity index (χ2n) is 4.43. The zero-order valence-corrected chi connectivity index (χ0v) is 12.0. The Bertz CT molecular complexity index is 777. The fraction of sp³-hybridized carbons (Fsp3) is 0.0667. The third kappa shape index (κ3) is 2.44. The number of hydrogen-bond acceptors (Lipinski definition) is 3. The van der Waals surface area contributed by atoms with Gasteiger partial charge in [0.1, 0.15) is 12.4 Å². The van der Waals surface area contributed by atoms with E-state index < -0.39 is 9.84 Å². The van der Waals surface area contributed by atoms with Crippen LogP contribution in [-0.2, 0) is 9.84 Å². The van der Waals surface area contributed by atoms with Gasteiger partial charge in [0, 0.05) is 21.6 Å². The summed E-state index contributed by atoms with van der Waals surface area (Å²) < 4.78 is 29.5. The molecule has 0 atom stereocenters. The van der Waals surface area contributed by atoms with E-state index in [2.05, 4.69) is 0 Å². The summed E-state index contributed by atoms with van der Waals surface area (Å²) in [6, 6.07) is 13.9. The number of fused-ring (bicyclic) bond motifs is 1. The first-order valence-electron chi connectivity index (χ1n) is 6.00. The Labute approximate surface area is 122 Å². The maximum absolute atomic E-state index is 12.0. The number of ether oxygens (including phenoxy) is 1. The summed E-state index contributed by atoms with van der Waals surface area (Å²) in [7, 11) is -3.33. The third-order valence-corrected chi connectivity index (χ3v) is 4.86. The molecule has 0 aromatic heterocycles. The largest absolute Gasteiger partial charge is 0.489 e. The molecule has 0 radical (unpaired) electrons. The molecule has 5 heteroatoms. The molecule has 2 aromatic carbocycles. The quantitative estimate of drug-likeness (QED) is 0.871. The first-order chi connectivity index (χ1) is 9.56. The van der Waals surface area contributed by atoms with Crippen LogP contribution in [0, 0.1) is 0 Å². The fourth-order valence-electron chi connectivity index (χ4n) is 2.10. The Kier molecular flexibility index (Phi) is 3.28. The molecule has 0 bridgehead atoms. The van der Waals surface area contributed by atoms with Crippen LogP contribution < -0.4 is 4.74 Å². The monoisotopic (exact) mass is 306 g/mol. The number of rotatable bonds is 3. The average Bonchev–Trinajstić information content (AvgIpc) is 2.70. The van der Waals surface area contributed by atoms with Gasteiger partial charge >= 0.3 is 0 Å². The maximum atomic E-state index is 12.0. The summed E-state index contributed by atoms with van der Waals surface area (Å²) in [6.07, 6.45) is 0. The SMILES string of the molecule is O=S1(=O)C=C(COc2ccc(Cl)cc2)c2ccccc21. The van der Waals surface area contributed by atoms with Crippen molar-refractivity contribution in [3.8, 4) is 5.75 Å². The normalized spacial score (nSPS) is 15.6. The van der Waals surface area contributed by atoms with Crippen LogP contribution in [0.25, 0.3) is 5.57 Å². The molecule has 1 aliphatic heterocycles. The van der Waals surface area contributed by atoms with Gasteiger partial charge < -0.3 is 4.74 Å². The van der Waals surface area contributed by atoms with Crippen LogP contribution in [0.15, 0.2) is 58.8 Å². The number of sulfone groups is 1. The van der Waals surface area contributed by atoms with Gasteiger partial charge in [-0.25, -0.2) is 8.42 Å². The Balaban J connectivity index is 1.84. The van der Waals surface area contributed by atoms with Crippen molar-refractivity contribution >= 4 is 27.0 Å². The molecule has 1 aliphatic rings. The van der Waals surface area contributed by atoms with Crippen LogP contribution in [0.4, 0.5) is 0 Å². The molecule has 0 N–H and O–H groups in total. The minimum Gasteiger partial charge on any atom is -0.489 e. The average molecular weight is 307 g/mol. The van der Waals surface area contributed by atoms with Crippen molar-refractivity contribution in [1.82, 2.24) is 0 Å². The van der Waals surface area contributed by atoms with Crippen molar-refractivity contribution < 1.29 is 13.2 Å². The summed E-state index contributed by atoms with van der Waals surface area (Å²) in [6.45, 7) is 0.206. The topological polar surface area (TPSA) is 43.4 Å². The van der Waals surface area contributed by atoms with Gasteiger partial charge in [-0.15, -0.1) is 0 Å². The van der Waals surface area contributed by atoms with Crippen LogP contribution in [-0.4, -0.2) is 15.0 Å². The van der Waals surface area contributed by atoms with E-state index in [1.807, 2.05) is 6.07 Å². The van der Waals surface area contributed by atoms with Crippen molar-refractivity contribution in [3.63, 3.8) is 0 Å². The maximum Gasteiger partial charge on any atom is 0.200 e. The molecule has 0 amide bonds. The Hall–Kier alpha value is -1.78. The zero-order chi connectivity index (χ0) is 14.2. The number of hydrogen-bond donors (Lipinski definition) is 0. The molecule has 102 valence electrons. The lowest BCUT2D eigenvalue weighted by molar-refractivity contribution is 0.370.